The molecule has 0 aliphatic carbocycles. The van der Waals surface area contributed by atoms with Crippen LogP contribution < -0.4 is 10.2 Å². The second-order valence-corrected chi connectivity index (χ2v) is 6.75. The number of pyridine rings is 1. The Labute approximate surface area is 123 Å². The fourth-order valence-electron chi connectivity index (χ4n) is 2.87. The highest BCUT2D eigenvalue weighted by atomic mass is 15.2. The van der Waals surface area contributed by atoms with Crippen molar-refractivity contribution in [2.45, 2.75) is 40.7 Å². The molecule has 3 nitrogen and oxygen atoms in total. The SMILES string of the molecule is CC(C)CNCc1cccnc1N1CCC(C(C)C)C1. The number of hydrogen-bond donors (Lipinski definition) is 1. The fourth-order valence-corrected chi connectivity index (χ4v) is 2.87. The van der Waals surface area contributed by atoms with Gasteiger partial charge in [-0.25, -0.2) is 4.98 Å². The lowest BCUT2D eigenvalue weighted by molar-refractivity contribution is 0.422. The minimum absolute atomic E-state index is 0.687. The van der Waals surface area contributed by atoms with Crippen molar-refractivity contribution in [3.8, 4) is 0 Å². The number of nitrogens with one attached hydrogen (secondary N) is 1. The van der Waals surface area contributed by atoms with Crippen LogP contribution in [0.3, 0.4) is 0 Å². The maximum atomic E-state index is 4.64. The fraction of sp³-hybridized carbons (Fsp3) is 0.706. The van der Waals surface area contributed by atoms with Gasteiger partial charge in [-0.3, -0.25) is 0 Å². The summed E-state index contributed by atoms with van der Waals surface area (Å²) < 4.78 is 0. The third-order valence-electron chi connectivity index (χ3n) is 4.20. The molecule has 0 aromatic carbocycles. The van der Waals surface area contributed by atoms with Crippen LogP contribution in [0.2, 0.25) is 0 Å². The zero-order chi connectivity index (χ0) is 14.5. The van der Waals surface area contributed by atoms with Crippen molar-refractivity contribution in [2.24, 2.45) is 17.8 Å². The van der Waals surface area contributed by atoms with Crippen LogP contribution in [-0.4, -0.2) is 24.6 Å². The first-order valence-corrected chi connectivity index (χ1v) is 7.97. The van der Waals surface area contributed by atoms with Gasteiger partial charge in [0.15, 0.2) is 0 Å². The summed E-state index contributed by atoms with van der Waals surface area (Å²) >= 11 is 0. The van der Waals surface area contributed by atoms with Gasteiger partial charge in [0.1, 0.15) is 5.82 Å². The number of anilines is 1. The quantitative estimate of drug-likeness (QED) is 0.863. The molecule has 1 N–H and O–H groups in total. The molecule has 2 rings (SSSR count). The molecule has 1 aliphatic rings. The predicted octanol–water partition coefficient (Wildman–Crippen LogP) is 3.31. The lowest BCUT2D eigenvalue weighted by atomic mass is 9.95. The molecular weight excluding hydrogens is 246 g/mol. The van der Waals surface area contributed by atoms with Crippen molar-refractivity contribution >= 4 is 5.82 Å². The van der Waals surface area contributed by atoms with E-state index in [-0.39, 0.29) is 0 Å². The highest BCUT2D eigenvalue weighted by molar-refractivity contribution is 5.47. The summed E-state index contributed by atoms with van der Waals surface area (Å²) in [5.74, 6) is 3.46. The van der Waals surface area contributed by atoms with Crippen LogP contribution in [-0.2, 0) is 6.54 Å². The Morgan fingerprint density at radius 3 is 2.80 bits per heavy atom. The first-order chi connectivity index (χ1) is 9.58. The van der Waals surface area contributed by atoms with E-state index >= 15 is 0 Å². The number of rotatable bonds is 6. The molecule has 0 spiro atoms. The van der Waals surface area contributed by atoms with Gasteiger partial charge in [-0.1, -0.05) is 33.8 Å². The van der Waals surface area contributed by atoms with E-state index in [1.54, 1.807) is 0 Å². The molecule has 20 heavy (non-hydrogen) atoms. The molecule has 1 aromatic rings. The number of nitrogens with zero attached hydrogens (tertiary/aromatic N) is 2. The summed E-state index contributed by atoms with van der Waals surface area (Å²) in [5.41, 5.74) is 1.33. The summed E-state index contributed by atoms with van der Waals surface area (Å²) in [6.07, 6.45) is 3.22. The molecule has 0 bridgehead atoms. The van der Waals surface area contributed by atoms with E-state index in [4.69, 9.17) is 0 Å². The number of hydrogen-bond acceptors (Lipinski definition) is 3. The second kappa shape index (κ2) is 7.07. The zero-order valence-electron chi connectivity index (χ0n) is 13.4. The van der Waals surface area contributed by atoms with Gasteiger partial charge in [0.25, 0.3) is 0 Å². The van der Waals surface area contributed by atoms with Crippen LogP contribution in [0.4, 0.5) is 5.82 Å². The molecule has 0 amide bonds. The maximum Gasteiger partial charge on any atom is 0.133 e. The Hall–Kier alpha value is -1.09. The molecule has 112 valence electrons. The minimum atomic E-state index is 0.687. The summed E-state index contributed by atoms with van der Waals surface area (Å²) in [4.78, 5) is 7.11. The largest absolute Gasteiger partial charge is 0.356 e. The third kappa shape index (κ3) is 3.95. The molecule has 1 aliphatic heterocycles. The monoisotopic (exact) mass is 275 g/mol. The van der Waals surface area contributed by atoms with Crippen LogP contribution in [0.5, 0.6) is 0 Å². The van der Waals surface area contributed by atoms with Gasteiger partial charge in [0.05, 0.1) is 0 Å². The highest BCUT2D eigenvalue weighted by Gasteiger charge is 2.26. The first kappa shape index (κ1) is 15.3. The second-order valence-electron chi connectivity index (χ2n) is 6.75. The van der Waals surface area contributed by atoms with Crippen molar-refractivity contribution in [3.63, 3.8) is 0 Å². The molecule has 1 atom stereocenters. The standard InChI is InChI=1S/C17H29N3/c1-13(2)10-18-11-15-6-5-8-19-17(15)20-9-7-16(12-20)14(3)4/h5-6,8,13-14,16,18H,7,9-12H2,1-4H3. The zero-order valence-corrected chi connectivity index (χ0v) is 13.4. The Bertz CT molecular complexity index is 414. The smallest absolute Gasteiger partial charge is 0.133 e. The molecule has 0 radical (unpaired) electrons. The van der Waals surface area contributed by atoms with Gasteiger partial charge in [-0.05, 0) is 36.8 Å². The average molecular weight is 275 g/mol. The third-order valence-corrected chi connectivity index (χ3v) is 4.20. The Morgan fingerprint density at radius 1 is 1.35 bits per heavy atom. The van der Waals surface area contributed by atoms with Crippen LogP contribution in [0.25, 0.3) is 0 Å². The molecule has 3 heteroatoms. The van der Waals surface area contributed by atoms with E-state index in [1.165, 1.54) is 17.8 Å². The maximum absolute atomic E-state index is 4.64. The predicted molar refractivity (Wildman–Crippen MR) is 85.9 cm³/mol. The van der Waals surface area contributed by atoms with Gasteiger partial charge >= 0.3 is 0 Å². The Kier molecular flexibility index (Phi) is 5.41. The lowest BCUT2D eigenvalue weighted by Crippen LogP contribution is -2.26. The molecular formula is C17H29N3. The van der Waals surface area contributed by atoms with Gasteiger partial charge < -0.3 is 10.2 Å². The number of aromatic nitrogens is 1. The van der Waals surface area contributed by atoms with Crippen molar-refractivity contribution in [1.29, 1.82) is 0 Å². The lowest BCUT2D eigenvalue weighted by Gasteiger charge is -2.22. The van der Waals surface area contributed by atoms with Gasteiger partial charge in [-0.2, -0.15) is 0 Å². The summed E-state index contributed by atoms with van der Waals surface area (Å²) in [5, 5.41) is 3.53. The van der Waals surface area contributed by atoms with E-state index in [9.17, 15) is 0 Å². The molecule has 1 aromatic heterocycles. The molecule has 1 fully saturated rings. The Balaban J connectivity index is 2.01. The summed E-state index contributed by atoms with van der Waals surface area (Å²) in [7, 11) is 0. The van der Waals surface area contributed by atoms with Gasteiger partial charge in [0.2, 0.25) is 0 Å². The minimum Gasteiger partial charge on any atom is -0.356 e. The average Bonchev–Trinajstić information content (AvgIpc) is 2.88. The van der Waals surface area contributed by atoms with Crippen molar-refractivity contribution < 1.29 is 0 Å². The normalized spacial score (nSPS) is 19.3. The molecule has 2 heterocycles. The molecule has 1 saturated heterocycles. The van der Waals surface area contributed by atoms with Crippen molar-refractivity contribution in [3.05, 3.63) is 23.9 Å². The van der Waals surface area contributed by atoms with Crippen LogP contribution >= 0.6 is 0 Å². The molecule has 1 unspecified atom stereocenters. The van der Waals surface area contributed by atoms with Gasteiger partial charge in [-0.15, -0.1) is 0 Å². The van der Waals surface area contributed by atoms with E-state index in [1.807, 2.05) is 12.3 Å². The Morgan fingerprint density at radius 2 is 2.15 bits per heavy atom. The van der Waals surface area contributed by atoms with E-state index in [0.717, 1.165) is 38.0 Å². The van der Waals surface area contributed by atoms with E-state index in [2.05, 4.69) is 49.0 Å². The molecule has 0 saturated carbocycles. The topological polar surface area (TPSA) is 28.2 Å². The first-order valence-electron chi connectivity index (χ1n) is 7.97. The van der Waals surface area contributed by atoms with Crippen molar-refractivity contribution in [2.75, 3.05) is 24.5 Å². The summed E-state index contributed by atoms with van der Waals surface area (Å²) in [6, 6.07) is 4.25. The van der Waals surface area contributed by atoms with Gasteiger partial charge in [0, 0.05) is 31.4 Å². The van der Waals surface area contributed by atoms with Crippen LogP contribution in [0.15, 0.2) is 18.3 Å². The van der Waals surface area contributed by atoms with E-state index < -0.39 is 0 Å². The highest BCUT2D eigenvalue weighted by Crippen LogP contribution is 2.28. The van der Waals surface area contributed by atoms with Crippen LogP contribution in [0, 0.1) is 17.8 Å². The van der Waals surface area contributed by atoms with Crippen molar-refractivity contribution in [1.82, 2.24) is 10.3 Å². The van der Waals surface area contributed by atoms with Crippen LogP contribution in [0.1, 0.15) is 39.7 Å². The van der Waals surface area contributed by atoms with E-state index in [0.29, 0.717) is 5.92 Å². The summed E-state index contributed by atoms with van der Waals surface area (Å²) in [6.45, 7) is 13.4.